The number of carbonyl (C=O) groups is 1. The molecule has 2 N–H and O–H groups in total. The van der Waals surface area contributed by atoms with E-state index in [1.54, 1.807) is 18.2 Å². The Bertz CT molecular complexity index is 1140. The summed E-state index contributed by atoms with van der Waals surface area (Å²) in [5, 5.41) is 21.6. The topological polar surface area (TPSA) is 73.1 Å². The molecule has 0 spiro atoms. The quantitative estimate of drug-likeness (QED) is 0.282. The standard InChI is InChI=1S/C25H21BrN2O2/c1-16-9-17(2)11-18(10-16)12-19-3-4-22(26)14-20(19)13-21(15-27)25(30)28-23-5-7-24(29)8-6-23/h3-11,13-14,29H,12H2,1-2H3,(H,28,30)/b21-13+. The van der Waals surface area contributed by atoms with Crippen LogP contribution in [0.5, 0.6) is 5.75 Å². The second kappa shape index (κ2) is 9.43. The fourth-order valence-electron chi connectivity index (χ4n) is 3.30. The van der Waals surface area contributed by atoms with Crippen LogP contribution in [0.3, 0.4) is 0 Å². The first-order chi connectivity index (χ1) is 14.3. The highest BCUT2D eigenvalue weighted by atomic mass is 79.9. The third-order valence-corrected chi connectivity index (χ3v) is 5.07. The first-order valence-electron chi connectivity index (χ1n) is 9.42. The number of aryl methyl sites for hydroxylation is 2. The molecule has 0 aromatic heterocycles. The molecule has 0 atom stereocenters. The van der Waals surface area contributed by atoms with Gasteiger partial charge in [-0.3, -0.25) is 4.79 Å². The van der Waals surface area contributed by atoms with Gasteiger partial charge in [-0.25, -0.2) is 0 Å². The van der Waals surface area contributed by atoms with Crippen LogP contribution in [0.15, 0.2) is 70.7 Å². The van der Waals surface area contributed by atoms with Gasteiger partial charge in [0.2, 0.25) is 0 Å². The highest BCUT2D eigenvalue weighted by Gasteiger charge is 2.12. The van der Waals surface area contributed by atoms with Gasteiger partial charge in [0, 0.05) is 10.2 Å². The number of hydrogen-bond donors (Lipinski definition) is 2. The summed E-state index contributed by atoms with van der Waals surface area (Å²) >= 11 is 3.48. The molecule has 3 rings (SSSR count). The molecule has 0 aliphatic carbocycles. The molecule has 0 saturated heterocycles. The molecular weight excluding hydrogens is 440 g/mol. The summed E-state index contributed by atoms with van der Waals surface area (Å²) < 4.78 is 0.870. The zero-order chi connectivity index (χ0) is 21.7. The van der Waals surface area contributed by atoms with Crippen molar-refractivity contribution in [2.75, 3.05) is 5.32 Å². The molecule has 3 aromatic carbocycles. The molecule has 0 unspecified atom stereocenters. The lowest BCUT2D eigenvalue weighted by molar-refractivity contribution is -0.112. The third kappa shape index (κ3) is 5.59. The molecule has 4 nitrogen and oxygen atoms in total. The van der Waals surface area contributed by atoms with Crippen molar-refractivity contribution in [3.63, 3.8) is 0 Å². The number of carbonyl (C=O) groups excluding carboxylic acids is 1. The number of phenols is 1. The Balaban J connectivity index is 1.91. The van der Waals surface area contributed by atoms with E-state index < -0.39 is 5.91 Å². The molecule has 1 amide bonds. The Hall–Kier alpha value is -3.36. The number of amides is 1. The highest BCUT2D eigenvalue weighted by molar-refractivity contribution is 9.10. The van der Waals surface area contributed by atoms with Crippen molar-refractivity contribution in [1.29, 1.82) is 5.26 Å². The predicted molar refractivity (Wildman–Crippen MR) is 123 cm³/mol. The van der Waals surface area contributed by atoms with Crippen molar-refractivity contribution in [2.45, 2.75) is 20.3 Å². The Kier molecular flexibility index (Phi) is 6.71. The molecule has 0 aliphatic heterocycles. The van der Waals surface area contributed by atoms with Crippen LogP contribution >= 0.6 is 15.9 Å². The van der Waals surface area contributed by atoms with Gasteiger partial charge in [-0.05, 0) is 79.4 Å². The predicted octanol–water partition coefficient (Wildman–Crippen LogP) is 5.91. The number of nitrogens with one attached hydrogen (secondary N) is 1. The molecular formula is C25H21BrN2O2. The molecule has 150 valence electrons. The normalized spacial score (nSPS) is 11.1. The van der Waals surface area contributed by atoms with Crippen LogP contribution < -0.4 is 5.32 Å². The lowest BCUT2D eigenvalue weighted by Gasteiger charge is -2.10. The Labute approximate surface area is 184 Å². The second-order valence-corrected chi connectivity index (χ2v) is 8.10. The van der Waals surface area contributed by atoms with Gasteiger partial charge in [0.25, 0.3) is 5.91 Å². The van der Waals surface area contributed by atoms with Crippen LogP contribution in [0, 0.1) is 25.2 Å². The summed E-state index contributed by atoms with van der Waals surface area (Å²) in [6.45, 7) is 4.14. The number of rotatable bonds is 5. The maximum atomic E-state index is 12.6. The molecule has 5 heteroatoms. The molecule has 0 heterocycles. The minimum atomic E-state index is -0.500. The lowest BCUT2D eigenvalue weighted by Crippen LogP contribution is -2.13. The fraction of sp³-hybridized carbons (Fsp3) is 0.120. The van der Waals surface area contributed by atoms with Gasteiger partial charge in [0.15, 0.2) is 0 Å². The van der Waals surface area contributed by atoms with Crippen molar-refractivity contribution in [2.24, 2.45) is 0 Å². The maximum absolute atomic E-state index is 12.6. The van der Waals surface area contributed by atoms with Crippen LogP contribution in [0.25, 0.3) is 6.08 Å². The Morgan fingerprint density at radius 3 is 2.37 bits per heavy atom. The summed E-state index contributed by atoms with van der Waals surface area (Å²) in [6, 6.07) is 20.4. The largest absolute Gasteiger partial charge is 0.508 e. The molecule has 30 heavy (non-hydrogen) atoms. The van der Waals surface area contributed by atoms with Crippen LogP contribution in [-0.2, 0) is 11.2 Å². The van der Waals surface area contributed by atoms with E-state index in [9.17, 15) is 15.2 Å². The molecule has 0 fully saturated rings. The average Bonchev–Trinajstić information content (AvgIpc) is 2.69. The third-order valence-electron chi connectivity index (χ3n) is 4.57. The summed E-state index contributed by atoms with van der Waals surface area (Å²) in [5.41, 5.74) is 5.91. The second-order valence-electron chi connectivity index (χ2n) is 7.19. The number of hydrogen-bond acceptors (Lipinski definition) is 3. The van der Waals surface area contributed by atoms with Gasteiger partial charge < -0.3 is 10.4 Å². The van der Waals surface area contributed by atoms with Gasteiger partial charge in [0.05, 0.1) is 0 Å². The molecule has 0 radical (unpaired) electrons. The monoisotopic (exact) mass is 460 g/mol. The first-order valence-corrected chi connectivity index (χ1v) is 10.2. The van der Waals surface area contributed by atoms with Crippen molar-refractivity contribution in [3.8, 4) is 11.8 Å². The van der Waals surface area contributed by atoms with E-state index >= 15 is 0 Å². The number of nitriles is 1. The zero-order valence-corrected chi connectivity index (χ0v) is 18.3. The van der Waals surface area contributed by atoms with Crippen LogP contribution in [0.2, 0.25) is 0 Å². The van der Waals surface area contributed by atoms with Crippen molar-refractivity contribution >= 4 is 33.6 Å². The van der Waals surface area contributed by atoms with E-state index in [2.05, 4.69) is 53.3 Å². The van der Waals surface area contributed by atoms with Gasteiger partial charge in [-0.15, -0.1) is 0 Å². The van der Waals surface area contributed by atoms with Gasteiger partial charge in [-0.1, -0.05) is 51.3 Å². The lowest BCUT2D eigenvalue weighted by atomic mass is 9.96. The van der Waals surface area contributed by atoms with Crippen LogP contribution in [0.4, 0.5) is 5.69 Å². The minimum Gasteiger partial charge on any atom is -0.508 e. The van der Waals surface area contributed by atoms with Gasteiger partial charge >= 0.3 is 0 Å². The van der Waals surface area contributed by atoms with Crippen molar-refractivity contribution < 1.29 is 9.90 Å². The number of benzene rings is 3. The first kappa shape index (κ1) is 21.4. The molecule has 3 aromatic rings. The summed E-state index contributed by atoms with van der Waals surface area (Å²) in [5.74, 6) is -0.394. The number of aromatic hydroxyl groups is 1. The highest BCUT2D eigenvalue weighted by Crippen LogP contribution is 2.24. The van der Waals surface area contributed by atoms with Crippen molar-refractivity contribution in [1.82, 2.24) is 0 Å². The molecule has 0 bridgehead atoms. The summed E-state index contributed by atoms with van der Waals surface area (Å²) in [4.78, 5) is 12.6. The zero-order valence-electron chi connectivity index (χ0n) is 16.7. The number of halogens is 1. The SMILES string of the molecule is Cc1cc(C)cc(Cc2ccc(Br)cc2/C=C(\C#N)C(=O)Nc2ccc(O)cc2)c1. The Morgan fingerprint density at radius 2 is 1.73 bits per heavy atom. The van der Waals surface area contributed by atoms with Crippen LogP contribution in [0.1, 0.15) is 27.8 Å². The van der Waals surface area contributed by atoms with Gasteiger partial charge in [0.1, 0.15) is 17.4 Å². The van der Waals surface area contributed by atoms with E-state index in [1.807, 2.05) is 24.3 Å². The minimum absolute atomic E-state index is 0.00264. The van der Waals surface area contributed by atoms with E-state index in [4.69, 9.17) is 0 Å². The molecule has 0 saturated carbocycles. The number of phenolic OH excluding ortho intramolecular Hbond substituents is 1. The van der Waals surface area contributed by atoms with E-state index in [-0.39, 0.29) is 11.3 Å². The summed E-state index contributed by atoms with van der Waals surface area (Å²) in [7, 11) is 0. The summed E-state index contributed by atoms with van der Waals surface area (Å²) in [6.07, 6.45) is 2.30. The number of anilines is 1. The maximum Gasteiger partial charge on any atom is 0.266 e. The van der Waals surface area contributed by atoms with E-state index in [0.29, 0.717) is 12.1 Å². The van der Waals surface area contributed by atoms with Crippen molar-refractivity contribution in [3.05, 3.63) is 98.5 Å². The fourth-order valence-corrected chi connectivity index (χ4v) is 3.68. The Morgan fingerprint density at radius 1 is 1.07 bits per heavy atom. The van der Waals surface area contributed by atoms with Crippen LogP contribution in [-0.4, -0.2) is 11.0 Å². The van der Waals surface area contributed by atoms with Gasteiger partial charge in [-0.2, -0.15) is 5.26 Å². The average molecular weight is 461 g/mol. The molecule has 0 aliphatic rings. The smallest absolute Gasteiger partial charge is 0.266 e. The van der Waals surface area contributed by atoms with E-state index in [0.717, 1.165) is 15.6 Å². The number of nitrogens with zero attached hydrogens (tertiary/aromatic N) is 1. The van der Waals surface area contributed by atoms with E-state index in [1.165, 1.54) is 28.8 Å².